The number of thiocarbonyl (C=S) groups is 2. The van der Waals surface area contributed by atoms with E-state index in [1.807, 2.05) is 26.0 Å². The molecule has 0 aliphatic carbocycles. The second kappa shape index (κ2) is 21.4. The summed E-state index contributed by atoms with van der Waals surface area (Å²) in [4.78, 5) is 49.1. The van der Waals surface area contributed by atoms with Crippen molar-refractivity contribution in [3.8, 4) is 0 Å². The van der Waals surface area contributed by atoms with E-state index in [2.05, 4.69) is 6.58 Å². The third kappa shape index (κ3) is 13.3. The summed E-state index contributed by atoms with van der Waals surface area (Å²) < 4.78 is 10.9. The van der Waals surface area contributed by atoms with Crippen molar-refractivity contribution in [3.63, 3.8) is 0 Å². The van der Waals surface area contributed by atoms with Gasteiger partial charge in [-0.1, -0.05) is 90.8 Å². The SMILES string of the molecule is C=CN1CCCC1=O.CCOC(=S)SC(C(=O)O)c1ccccc1.CCOC(=S)SC(C(C(=O)O)c1ccccc1)N1CCCC1=O. The van der Waals surface area contributed by atoms with Gasteiger partial charge in [-0.3, -0.25) is 19.2 Å². The van der Waals surface area contributed by atoms with E-state index in [-0.39, 0.29) is 20.6 Å². The van der Waals surface area contributed by atoms with Crippen LogP contribution in [0.25, 0.3) is 0 Å². The Bertz CT molecular complexity index is 1360. The Kier molecular flexibility index (Phi) is 18.1. The molecule has 3 unspecified atom stereocenters. The second-order valence-electron chi connectivity index (χ2n) is 9.91. The zero-order valence-corrected chi connectivity index (χ0v) is 29.6. The van der Waals surface area contributed by atoms with E-state index in [9.17, 15) is 24.3 Å². The molecule has 2 aromatic carbocycles. The zero-order chi connectivity index (χ0) is 34.8. The average molecular weight is 721 g/mol. The molecule has 47 heavy (non-hydrogen) atoms. The number of amides is 2. The maximum atomic E-state index is 12.1. The molecule has 3 atom stereocenters. The fourth-order valence-corrected chi connectivity index (χ4v) is 7.32. The van der Waals surface area contributed by atoms with Gasteiger partial charge in [0.1, 0.15) is 16.5 Å². The number of likely N-dealkylation sites (tertiary alicyclic amines) is 2. The topological polar surface area (TPSA) is 134 Å². The molecule has 4 rings (SSSR count). The van der Waals surface area contributed by atoms with Gasteiger partial charge in [-0.15, -0.1) is 0 Å². The van der Waals surface area contributed by atoms with Crippen LogP contribution >= 0.6 is 48.0 Å². The molecular formula is C33H40N2O8S4. The molecule has 2 aliphatic rings. The number of benzene rings is 2. The third-order valence-corrected chi connectivity index (χ3v) is 9.65. The predicted molar refractivity (Wildman–Crippen MR) is 193 cm³/mol. The van der Waals surface area contributed by atoms with Crippen molar-refractivity contribution >= 4 is 80.5 Å². The molecule has 2 saturated heterocycles. The number of nitrogens with zero attached hydrogens (tertiary/aromatic N) is 2. The molecule has 254 valence electrons. The van der Waals surface area contributed by atoms with Gasteiger partial charge in [0.2, 0.25) is 20.6 Å². The molecule has 0 spiro atoms. The fraction of sp³-hybridized carbons (Fsp3) is 0.394. The number of thioether (sulfide) groups is 2. The average Bonchev–Trinajstić information content (AvgIpc) is 3.68. The predicted octanol–water partition coefficient (Wildman–Crippen LogP) is 6.48. The molecule has 2 amide bonds. The van der Waals surface area contributed by atoms with Crippen LogP contribution in [0.2, 0.25) is 0 Å². The van der Waals surface area contributed by atoms with Crippen molar-refractivity contribution in [2.75, 3.05) is 26.3 Å². The maximum absolute atomic E-state index is 12.1. The number of aliphatic carboxylic acids is 2. The molecule has 0 bridgehead atoms. The highest BCUT2D eigenvalue weighted by Gasteiger charge is 2.39. The number of carbonyl (C=O) groups is 4. The van der Waals surface area contributed by atoms with Gasteiger partial charge < -0.3 is 29.5 Å². The van der Waals surface area contributed by atoms with E-state index < -0.39 is 28.5 Å². The first-order valence-electron chi connectivity index (χ1n) is 15.0. The molecule has 2 N–H and O–H groups in total. The molecule has 2 aliphatic heterocycles. The lowest BCUT2D eigenvalue weighted by Gasteiger charge is -2.32. The van der Waals surface area contributed by atoms with Crippen molar-refractivity contribution < 1.29 is 38.9 Å². The lowest BCUT2D eigenvalue weighted by atomic mass is 9.98. The minimum absolute atomic E-state index is 0.0380. The number of rotatable bonds is 11. The van der Waals surface area contributed by atoms with Crippen molar-refractivity contribution in [1.29, 1.82) is 0 Å². The number of ether oxygens (including phenoxy) is 2. The number of carboxylic acid groups (broad SMARTS) is 2. The molecule has 0 radical (unpaired) electrons. The van der Waals surface area contributed by atoms with Gasteiger partial charge in [0, 0.05) is 25.9 Å². The largest absolute Gasteiger partial charge is 0.481 e. The fourth-order valence-electron chi connectivity index (χ4n) is 4.59. The summed E-state index contributed by atoms with van der Waals surface area (Å²) in [6, 6.07) is 17.9. The zero-order valence-electron chi connectivity index (χ0n) is 26.3. The molecule has 2 fully saturated rings. The van der Waals surface area contributed by atoms with Crippen molar-refractivity contribution in [2.45, 2.75) is 56.1 Å². The number of hydrogen-bond acceptors (Lipinski definition) is 10. The van der Waals surface area contributed by atoms with E-state index in [1.54, 1.807) is 64.5 Å². The van der Waals surface area contributed by atoms with Crippen LogP contribution in [0, 0.1) is 0 Å². The van der Waals surface area contributed by atoms with Crippen LogP contribution in [-0.2, 0) is 28.7 Å². The van der Waals surface area contributed by atoms with E-state index >= 15 is 0 Å². The van der Waals surface area contributed by atoms with Crippen molar-refractivity contribution in [3.05, 3.63) is 84.6 Å². The van der Waals surface area contributed by atoms with Crippen LogP contribution in [0.3, 0.4) is 0 Å². The number of carboxylic acids is 2. The molecule has 0 saturated carbocycles. The Hall–Kier alpha value is -3.46. The lowest BCUT2D eigenvalue weighted by molar-refractivity contribution is -0.140. The lowest BCUT2D eigenvalue weighted by Crippen LogP contribution is -2.41. The summed E-state index contributed by atoms with van der Waals surface area (Å²) in [5, 5.41) is 17.5. The molecule has 14 heteroatoms. The van der Waals surface area contributed by atoms with Crippen molar-refractivity contribution in [1.82, 2.24) is 9.80 Å². The molecule has 2 aromatic rings. The Morgan fingerprint density at radius 2 is 1.34 bits per heavy atom. The van der Waals surface area contributed by atoms with Crippen LogP contribution < -0.4 is 0 Å². The summed E-state index contributed by atoms with van der Waals surface area (Å²) in [7, 11) is 0. The minimum Gasteiger partial charge on any atom is -0.481 e. The van der Waals surface area contributed by atoms with E-state index in [0.29, 0.717) is 43.7 Å². The summed E-state index contributed by atoms with van der Waals surface area (Å²) in [5.41, 5.74) is 1.36. The molecular weight excluding hydrogens is 681 g/mol. The van der Waals surface area contributed by atoms with Crippen LogP contribution in [0.4, 0.5) is 0 Å². The highest BCUT2D eigenvalue weighted by atomic mass is 32.2. The first kappa shape index (κ1) is 39.7. The summed E-state index contributed by atoms with van der Waals surface area (Å²) in [5.74, 6) is -2.59. The number of hydrogen-bond donors (Lipinski definition) is 2. The number of carbonyl (C=O) groups excluding carboxylic acids is 2. The Morgan fingerprint density at radius 1 is 0.830 bits per heavy atom. The van der Waals surface area contributed by atoms with Crippen LogP contribution in [0.1, 0.15) is 61.8 Å². The Balaban J connectivity index is 0.000000275. The van der Waals surface area contributed by atoms with Gasteiger partial charge in [-0.05, 0) is 68.5 Å². The summed E-state index contributed by atoms with van der Waals surface area (Å²) >= 11 is 12.3. The van der Waals surface area contributed by atoms with Crippen molar-refractivity contribution in [2.24, 2.45) is 0 Å². The first-order chi connectivity index (χ1) is 22.5. The second-order valence-corrected chi connectivity index (χ2v) is 13.3. The molecule has 10 nitrogen and oxygen atoms in total. The van der Waals surface area contributed by atoms with E-state index in [4.69, 9.17) is 39.0 Å². The van der Waals surface area contributed by atoms with Gasteiger partial charge >= 0.3 is 11.9 Å². The molecule has 2 heterocycles. The quantitative estimate of drug-likeness (QED) is 0.246. The smallest absolute Gasteiger partial charge is 0.321 e. The van der Waals surface area contributed by atoms with E-state index in [1.165, 1.54) is 0 Å². The van der Waals surface area contributed by atoms with Gasteiger partial charge in [0.05, 0.1) is 13.2 Å². The Morgan fingerprint density at radius 3 is 1.74 bits per heavy atom. The highest BCUT2D eigenvalue weighted by molar-refractivity contribution is 8.23. The Labute approximate surface area is 294 Å². The normalized spacial score (nSPS) is 15.6. The summed E-state index contributed by atoms with van der Waals surface area (Å²) in [6.45, 7) is 9.39. The standard InChI is InChI=1S/C16H19NO4S2.C11H12O3S2.C6H9NO/c1-2-21-16(22)23-14(17-10-6-9-12(17)18)13(15(19)20)11-7-4-3-5-8-11;1-2-14-11(15)16-9(10(12)13)8-6-4-3-5-7-8;1-2-7-5-3-4-6(7)8/h3-5,7-8,13-14H,2,6,9-10H2,1H3,(H,19,20);3-7,9H,2H2,1H3,(H,12,13);2H,1,3-5H2. The van der Waals surface area contributed by atoms with Gasteiger partial charge in [0.25, 0.3) is 0 Å². The highest BCUT2D eigenvalue weighted by Crippen LogP contribution is 2.35. The minimum atomic E-state index is -0.979. The van der Waals surface area contributed by atoms with Crippen LogP contribution in [0.15, 0.2) is 73.4 Å². The maximum Gasteiger partial charge on any atom is 0.321 e. The van der Waals surface area contributed by atoms with Gasteiger partial charge in [-0.2, -0.15) is 0 Å². The van der Waals surface area contributed by atoms with Gasteiger partial charge in [0.15, 0.2) is 0 Å². The third-order valence-electron chi connectivity index (χ3n) is 6.74. The first-order valence-corrected chi connectivity index (χ1v) is 17.5. The van der Waals surface area contributed by atoms with E-state index in [0.717, 1.165) is 42.9 Å². The van der Waals surface area contributed by atoms with Crippen LogP contribution in [0.5, 0.6) is 0 Å². The monoisotopic (exact) mass is 720 g/mol. The van der Waals surface area contributed by atoms with Crippen LogP contribution in [-0.4, -0.2) is 84.2 Å². The molecule has 0 aromatic heterocycles. The summed E-state index contributed by atoms with van der Waals surface area (Å²) in [6.07, 6.45) is 4.46. The van der Waals surface area contributed by atoms with Gasteiger partial charge in [-0.25, -0.2) is 0 Å².